The van der Waals surface area contributed by atoms with Gasteiger partial charge in [0, 0.05) is 6.04 Å². The van der Waals surface area contributed by atoms with Crippen LogP contribution < -0.4 is 0 Å². The predicted octanol–water partition coefficient (Wildman–Crippen LogP) is 1.35. The van der Waals surface area contributed by atoms with Crippen LogP contribution in [-0.2, 0) is 19.1 Å². The van der Waals surface area contributed by atoms with Crippen LogP contribution in [0.5, 0.6) is 0 Å². The highest BCUT2D eigenvalue weighted by Gasteiger charge is 2.46. The Bertz CT molecular complexity index is 408. The fourth-order valence-electron chi connectivity index (χ4n) is 3.83. The van der Waals surface area contributed by atoms with Crippen molar-refractivity contribution < 1.29 is 24.2 Å². The molecule has 1 aliphatic heterocycles. The maximum absolute atomic E-state index is 12.3. The molecule has 4 atom stereocenters. The quantitative estimate of drug-likeness (QED) is 0.768. The Kier molecular flexibility index (Phi) is 6.84. The Balaban J connectivity index is 2.12. The number of hydrogen-bond acceptors (Lipinski definition) is 6. The molecule has 1 aliphatic carbocycles. The van der Waals surface area contributed by atoms with E-state index in [0.29, 0.717) is 13.0 Å². The minimum absolute atomic E-state index is 0.0737. The summed E-state index contributed by atoms with van der Waals surface area (Å²) in [4.78, 5) is 26.8. The molecule has 0 unspecified atom stereocenters. The SMILES string of the molecule is CCOC(=O)[C@@H]1C[C@@H](O)[C@H](N2CCCCC2)C[C@H]1C(=O)OCC. The lowest BCUT2D eigenvalue weighted by Crippen LogP contribution is -2.54. The van der Waals surface area contributed by atoms with Gasteiger partial charge in [0.2, 0.25) is 0 Å². The van der Waals surface area contributed by atoms with Crippen LogP contribution in [0.15, 0.2) is 0 Å². The number of carbonyl (C=O) groups excluding carboxylic acids is 2. The van der Waals surface area contributed by atoms with Gasteiger partial charge in [-0.2, -0.15) is 0 Å². The Morgan fingerprint density at radius 1 is 0.957 bits per heavy atom. The van der Waals surface area contributed by atoms with Gasteiger partial charge in [-0.15, -0.1) is 0 Å². The molecule has 0 amide bonds. The van der Waals surface area contributed by atoms with Gasteiger partial charge in [0.1, 0.15) is 0 Å². The third-order valence-corrected chi connectivity index (χ3v) is 4.96. The maximum Gasteiger partial charge on any atom is 0.309 e. The van der Waals surface area contributed by atoms with Gasteiger partial charge in [0.25, 0.3) is 0 Å². The average molecular weight is 327 g/mol. The number of aliphatic hydroxyl groups is 1. The zero-order chi connectivity index (χ0) is 16.8. The van der Waals surface area contributed by atoms with Crippen LogP contribution >= 0.6 is 0 Å². The fraction of sp³-hybridized carbons (Fsp3) is 0.882. The first-order valence-corrected chi connectivity index (χ1v) is 8.83. The predicted molar refractivity (Wildman–Crippen MR) is 84.7 cm³/mol. The van der Waals surface area contributed by atoms with E-state index in [1.54, 1.807) is 13.8 Å². The summed E-state index contributed by atoms with van der Waals surface area (Å²) in [6, 6.07) is -0.0737. The van der Waals surface area contributed by atoms with Crippen LogP contribution in [0.1, 0.15) is 46.0 Å². The van der Waals surface area contributed by atoms with Gasteiger partial charge in [-0.05, 0) is 52.6 Å². The number of ether oxygens (including phenoxy) is 2. The summed E-state index contributed by atoms with van der Waals surface area (Å²) < 4.78 is 10.3. The van der Waals surface area contributed by atoms with Crippen molar-refractivity contribution >= 4 is 11.9 Å². The second-order valence-electron chi connectivity index (χ2n) is 6.42. The molecule has 2 rings (SSSR count). The molecule has 23 heavy (non-hydrogen) atoms. The smallest absolute Gasteiger partial charge is 0.309 e. The number of nitrogens with zero attached hydrogens (tertiary/aromatic N) is 1. The third kappa shape index (κ3) is 4.44. The van der Waals surface area contributed by atoms with Crippen LogP contribution in [0.2, 0.25) is 0 Å². The highest BCUT2D eigenvalue weighted by atomic mass is 16.5. The number of carbonyl (C=O) groups is 2. The molecule has 1 N–H and O–H groups in total. The van der Waals surface area contributed by atoms with Crippen LogP contribution in [0.3, 0.4) is 0 Å². The molecule has 0 aromatic carbocycles. The molecule has 1 saturated carbocycles. The van der Waals surface area contributed by atoms with Crippen LogP contribution in [0.25, 0.3) is 0 Å². The van der Waals surface area contributed by atoms with E-state index in [2.05, 4.69) is 4.90 Å². The zero-order valence-corrected chi connectivity index (χ0v) is 14.2. The summed E-state index contributed by atoms with van der Waals surface area (Å²) in [7, 11) is 0. The first-order chi connectivity index (χ1) is 11.1. The zero-order valence-electron chi connectivity index (χ0n) is 14.2. The van der Waals surface area contributed by atoms with E-state index in [1.165, 1.54) is 6.42 Å². The highest BCUT2D eigenvalue weighted by Crippen LogP contribution is 2.35. The summed E-state index contributed by atoms with van der Waals surface area (Å²) in [6.45, 7) is 5.96. The van der Waals surface area contributed by atoms with E-state index in [-0.39, 0.29) is 25.0 Å². The second kappa shape index (κ2) is 8.64. The molecule has 0 spiro atoms. The minimum atomic E-state index is -0.606. The molecule has 0 bridgehead atoms. The third-order valence-electron chi connectivity index (χ3n) is 4.96. The van der Waals surface area contributed by atoms with Crippen molar-refractivity contribution in [2.24, 2.45) is 11.8 Å². The molecule has 2 fully saturated rings. The minimum Gasteiger partial charge on any atom is -0.466 e. The number of rotatable bonds is 5. The standard InChI is InChI=1S/C17H29NO5/c1-3-22-16(20)12-10-14(18-8-6-5-7-9-18)15(19)11-13(12)17(21)23-4-2/h12-15,19H,3-11H2,1-2H3/t12-,13-,14-,15-/m1/s1. The Morgan fingerprint density at radius 3 is 2.00 bits per heavy atom. The normalized spacial score (nSPS) is 32.3. The van der Waals surface area contributed by atoms with Gasteiger partial charge in [-0.1, -0.05) is 6.42 Å². The first-order valence-electron chi connectivity index (χ1n) is 8.83. The second-order valence-corrected chi connectivity index (χ2v) is 6.42. The summed E-state index contributed by atoms with van der Waals surface area (Å²) in [6.07, 6.45) is 3.58. The van der Waals surface area contributed by atoms with Gasteiger partial charge in [-0.3, -0.25) is 14.5 Å². The molecule has 132 valence electrons. The van der Waals surface area contributed by atoms with Gasteiger partial charge >= 0.3 is 11.9 Å². The molecular formula is C17H29NO5. The molecule has 1 heterocycles. The van der Waals surface area contributed by atoms with Crippen molar-refractivity contribution in [3.8, 4) is 0 Å². The number of likely N-dealkylation sites (tertiary alicyclic amines) is 1. The van der Waals surface area contributed by atoms with Crippen molar-refractivity contribution in [1.29, 1.82) is 0 Å². The topological polar surface area (TPSA) is 76.1 Å². The largest absolute Gasteiger partial charge is 0.466 e. The number of hydrogen-bond donors (Lipinski definition) is 1. The lowest BCUT2D eigenvalue weighted by atomic mass is 9.74. The number of piperidine rings is 1. The molecule has 1 saturated heterocycles. The molecule has 0 aromatic heterocycles. The molecule has 6 nitrogen and oxygen atoms in total. The summed E-state index contributed by atoms with van der Waals surface area (Å²) in [5.41, 5.74) is 0. The van der Waals surface area contributed by atoms with Crippen molar-refractivity contribution in [2.45, 2.75) is 58.1 Å². The van der Waals surface area contributed by atoms with E-state index >= 15 is 0 Å². The summed E-state index contributed by atoms with van der Waals surface area (Å²) in [5.74, 6) is -1.88. The monoisotopic (exact) mass is 327 g/mol. The lowest BCUT2D eigenvalue weighted by molar-refractivity contribution is -0.167. The molecule has 0 radical (unpaired) electrons. The van der Waals surface area contributed by atoms with Gasteiger partial charge in [-0.25, -0.2) is 0 Å². The number of aliphatic hydroxyl groups excluding tert-OH is 1. The van der Waals surface area contributed by atoms with Crippen molar-refractivity contribution in [1.82, 2.24) is 4.90 Å². The maximum atomic E-state index is 12.3. The molecule has 0 aromatic rings. The van der Waals surface area contributed by atoms with E-state index in [4.69, 9.17) is 9.47 Å². The van der Waals surface area contributed by atoms with Crippen molar-refractivity contribution in [3.05, 3.63) is 0 Å². The lowest BCUT2D eigenvalue weighted by Gasteiger charge is -2.43. The van der Waals surface area contributed by atoms with E-state index in [1.807, 2.05) is 0 Å². The average Bonchev–Trinajstić information content (AvgIpc) is 2.55. The number of esters is 2. The van der Waals surface area contributed by atoms with Gasteiger partial charge in [0.05, 0.1) is 31.2 Å². The summed E-state index contributed by atoms with van der Waals surface area (Å²) in [5, 5.41) is 10.5. The molecule has 6 heteroatoms. The van der Waals surface area contributed by atoms with Gasteiger partial charge < -0.3 is 14.6 Å². The Hall–Kier alpha value is -1.14. The van der Waals surface area contributed by atoms with Crippen LogP contribution in [-0.4, -0.2) is 60.4 Å². The van der Waals surface area contributed by atoms with E-state index in [0.717, 1.165) is 25.9 Å². The van der Waals surface area contributed by atoms with E-state index < -0.39 is 23.9 Å². The van der Waals surface area contributed by atoms with Crippen LogP contribution in [0, 0.1) is 11.8 Å². The van der Waals surface area contributed by atoms with Gasteiger partial charge in [0.15, 0.2) is 0 Å². The highest BCUT2D eigenvalue weighted by molar-refractivity contribution is 5.82. The molecular weight excluding hydrogens is 298 g/mol. The van der Waals surface area contributed by atoms with E-state index in [9.17, 15) is 14.7 Å². The van der Waals surface area contributed by atoms with Crippen molar-refractivity contribution in [3.63, 3.8) is 0 Å². The Labute approximate surface area is 138 Å². The summed E-state index contributed by atoms with van der Waals surface area (Å²) >= 11 is 0. The van der Waals surface area contributed by atoms with Crippen molar-refractivity contribution in [2.75, 3.05) is 26.3 Å². The first kappa shape index (κ1) is 18.2. The fourth-order valence-corrected chi connectivity index (χ4v) is 3.83. The van der Waals surface area contributed by atoms with Crippen LogP contribution in [0.4, 0.5) is 0 Å². The molecule has 2 aliphatic rings. The Morgan fingerprint density at radius 2 is 1.48 bits per heavy atom.